The number of halogens is 3. The third-order valence-corrected chi connectivity index (χ3v) is 3.09. The van der Waals surface area contributed by atoms with Crippen LogP contribution in [0.1, 0.15) is 0 Å². The number of hydrogen-bond acceptors (Lipinski definition) is 0. The number of rotatable bonds is 1. The van der Waals surface area contributed by atoms with Crippen LogP contribution in [0.3, 0.4) is 0 Å². The molecule has 0 aliphatic rings. The van der Waals surface area contributed by atoms with Crippen molar-refractivity contribution in [1.82, 2.24) is 0 Å². The minimum absolute atomic E-state index is 0.559. The van der Waals surface area contributed by atoms with Crippen LogP contribution in [-0.4, -0.2) is 0 Å². The highest BCUT2D eigenvalue weighted by Crippen LogP contribution is 2.28. The predicted molar refractivity (Wildman–Crippen MR) is 66.9 cm³/mol. The van der Waals surface area contributed by atoms with Gasteiger partial charge in [-0.05, 0) is 35.4 Å². The van der Waals surface area contributed by atoms with E-state index in [-0.39, 0.29) is 0 Å². The van der Waals surface area contributed by atoms with E-state index in [2.05, 4.69) is 0 Å². The molecular formula is C12H7Cl3. The Labute approximate surface area is 103 Å². The molecule has 0 fully saturated rings. The topological polar surface area (TPSA) is 0 Å². The molecule has 0 saturated heterocycles. The van der Waals surface area contributed by atoms with Gasteiger partial charge in [0, 0.05) is 5.02 Å². The first-order chi connectivity index (χ1) is 7.16. The summed E-state index contributed by atoms with van der Waals surface area (Å²) >= 11 is 17.6. The molecule has 0 atom stereocenters. The minimum Gasteiger partial charge on any atom is -0.0843 e. The standard InChI is InChI=1S/C12H7Cl3/c13-10-4-1-8(2-5-10)9-3-6-11(14)12(15)7-9/h1-7H/i1+1,2+1,3+1,4+1,5+1,6+1,7+1,8+1,9+1,10+1,11+1,12+1. The Morgan fingerprint density at radius 1 is 0.600 bits per heavy atom. The van der Waals surface area contributed by atoms with Crippen molar-refractivity contribution in [3.8, 4) is 11.1 Å². The monoisotopic (exact) mass is 268 g/mol. The fraction of sp³-hybridized carbons (Fsp3) is 0. The molecule has 0 bridgehead atoms. The zero-order valence-electron chi connectivity index (χ0n) is 7.68. The van der Waals surface area contributed by atoms with Gasteiger partial charge in [-0.25, -0.2) is 0 Å². The predicted octanol–water partition coefficient (Wildman–Crippen LogP) is 5.31. The quantitative estimate of drug-likeness (QED) is 0.658. The van der Waals surface area contributed by atoms with Gasteiger partial charge in [-0.1, -0.05) is 53.0 Å². The average molecular weight is 269 g/mol. The molecule has 0 saturated carbocycles. The van der Waals surface area contributed by atoms with Gasteiger partial charge in [0.25, 0.3) is 0 Å². The summed E-state index contributed by atoms with van der Waals surface area (Å²) in [6.45, 7) is 0. The molecule has 3 heteroatoms. The van der Waals surface area contributed by atoms with E-state index in [1.54, 1.807) is 6.07 Å². The van der Waals surface area contributed by atoms with Crippen molar-refractivity contribution in [3.05, 3.63) is 57.5 Å². The van der Waals surface area contributed by atoms with Crippen LogP contribution in [0.15, 0.2) is 42.5 Å². The molecule has 2 rings (SSSR count). The molecule has 0 aliphatic heterocycles. The van der Waals surface area contributed by atoms with Crippen LogP contribution < -0.4 is 0 Å². The molecular weight excluding hydrogens is 262 g/mol. The largest absolute Gasteiger partial charge is 0.0843 e. The van der Waals surface area contributed by atoms with Crippen LogP contribution in [0.4, 0.5) is 0 Å². The van der Waals surface area contributed by atoms with Crippen molar-refractivity contribution in [1.29, 1.82) is 0 Å². The first-order valence-corrected chi connectivity index (χ1v) is 5.51. The first-order valence-electron chi connectivity index (χ1n) is 4.38. The Balaban J connectivity index is 2.45. The van der Waals surface area contributed by atoms with E-state index in [0.29, 0.717) is 10.0 Å². The molecule has 0 spiro atoms. The summed E-state index contributed by atoms with van der Waals surface area (Å²) in [6.07, 6.45) is 0. The van der Waals surface area contributed by atoms with Crippen LogP contribution in [0.25, 0.3) is 11.1 Å². The lowest BCUT2D eigenvalue weighted by molar-refractivity contribution is 1.62. The van der Waals surface area contributed by atoms with E-state index in [1.165, 1.54) is 0 Å². The molecule has 2 aromatic carbocycles. The van der Waals surface area contributed by atoms with Crippen molar-refractivity contribution < 1.29 is 0 Å². The van der Waals surface area contributed by atoms with Crippen LogP contribution in [0.2, 0.25) is 15.1 Å². The fourth-order valence-electron chi connectivity index (χ4n) is 1.32. The van der Waals surface area contributed by atoms with Crippen LogP contribution in [0.5, 0.6) is 0 Å². The molecule has 0 radical (unpaired) electrons. The van der Waals surface area contributed by atoms with E-state index < -0.39 is 0 Å². The molecule has 76 valence electrons. The second kappa shape index (κ2) is 4.44. The zero-order chi connectivity index (χ0) is 10.8. The highest BCUT2D eigenvalue weighted by atomic mass is 35.5. The molecule has 0 amide bonds. The Bertz CT molecular complexity index is 475. The van der Waals surface area contributed by atoms with Crippen molar-refractivity contribution in [2.75, 3.05) is 0 Å². The molecule has 0 N–H and O–H groups in total. The first kappa shape index (κ1) is 10.8. The third-order valence-electron chi connectivity index (χ3n) is 2.10. The summed E-state index contributed by atoms with van der Waals surface area (Å²) in [6, 6.07) is 13.1. The molecule has 0 unspecified atom stereocenters. The van der Waals surface area contributed by atoms with Gasteiger partial charge in [0.05, 0.1) is 10.0 Å². The van der Waals surface area contributed by atoms with Gasteiger partial charge in [0.15, 0.2) is 0 Å². The number of hydrogen-bond donors (Lipinski definition) is 0. The van der Waals surface area contributed by atoms with Gasteiger partial charge in [-0.3, -0.25) is 0 Å². The lowest BCUT2D eigenvalue weighted by atomic mass is 11.1. The summed E-state index contributed by atoms with van der Waals surface area (Å²) in [5.41, 5.74) is 2.10. The lowest BCUT2D eigenvalue weighted by Gasteiger charge is -2.03. The summed E-state index contributed by atoms with van der Waals surface area (Å²) < 4.78 is 0. The Hall–Kier alpha value is -0.690. The maximum atomic E-state index is 5.94. The second-order valence-electron chi connectivity index (χ2n) is 3.14. The Kier molecular flexibility index (Phi) is 3.20. The fourth-order valence-corrected chi connectivity index (χ4v) is 1.74. The van der Waals surface area contributed by atoms with Crippen molar-refractivity contribution in [3.63, 3.8) is 0 Å². The minimum atomic E-state index is 0.559. The Morgan fingerprint density at radius 2 is 1.20 bits per heavy atom. The van der Waals surface area contributed by atoms with Crippen molar-refractivity contribution in [2.45, 2.75) is 0 Å². The maximum Gasteiger partial charge on any atom is 0.0598 e. The van der Waals surface area contributed by atoms with E-state index in [4.69, 9.17) is 34.8 Å². The van der Waals surface area contributed by atoms with Gasteiger partial charge in [0.1, 0.15) is 0 Å². The highest BCUT2D eigenvalue weighted by Gasteiger charge is 2.01. The smallest absolute Gasteiger partial charge is 0.0598 e. The molecule has 0 aliphatic carbocycles. The lowest BCUT2D eigenvalue weighted by Crippen LogP contribution is -1.78. The van der Waals surface area contributed by atoms with Gasteiger partial charge in [-0.2, -0.15) is 0 Å². The molecule has 0 nitrogen and oxygen atoms in total. The maximum absolute atomic E-state index is 5.94. The summed E-state index contributed by atoms with van der Waals surface area (Å²) in [4.78, 5) is 0. The van der Waals surface area contributed by atoms with E-state index in [0.717, 1.165) is 16.1 Å². The summed E-state index contributed by atoms with van der Waals surface area (Å²) in [7, 11) is 0. The zero-order valence-corrected chi connectivity index (χ0v) is 9.94. The molecule has 0 aromatic heterocycles. The van der Waals surface area contributed by atoms with E-state index >= 15 is 0 Å². The van der Waals surface area contributed by atoms with Gasteiger partial charge in [0.2, 0.25) is 0 Å². The van der Waals surface area contributed by atoms with Gasteiger partial charge >= 0.3 is 0 Å². The van der Waals surface area contributed by atoms with Crippen molar-refractivity contribution in [2.24, 2.45) is 0 Å². The van der Waals surface area contributed by atoms with Crippen LogP contribution in [0, 0.1) is 0 Å². The van der Waals surface area contributed by atoms with Crippen molar-refractivity contribution >= 4 is 34.8 Å². The Morgan fingerprint density at radius 3 is 1.80 bits per heavy atom. The SMILES string of the molecule is Cl[13c]1[13cH][13cH][13c](-[13c]2[13cH][13cH][13c](Cl)[13c](Cl)[13cH]2)[13cH][13cH]1. The third kappa shape index (κ3) is 2.46. The highest BCUT2D eigenvalue weighted by molar-refractivity contribution is 6.42. The second-order valence-corrected chi connectivity index (χ2v) is 4.39. The van der Waals surface area contributed by atoms with Gasteiger partial charge < -0.3 is 0 Å². The van der Waals surface area contributed by atoms with E-state index in [1.807, 2.05) is 36.4 Å². The molecule has 15 heavy (non-hydrogen) atoms. The average Bonchev–Trinajstić information content (AvgIpc) is 2.23. The van der Waals surface area contributed by atoms with Gasteiger partial charge in [-0.15, -0.1) is 0 Å². The van der Waals surface area contributed by atoms with E-state index in [9.17, 15) is 0 Å². The van der Waals surface area contributed by atoms with Crippen LogP contribution >= 0.6 is 34.8 Å². The summed E-state index contributed by atoms with van der Waals surface area (Å²) in [5, 5.41) is 1.84. The van der Waals surface area contributed by atoms with Crippen LogP contribution in [-0.2, 0) is 0 Å². The normalized spacial score (nSPS) is 10.3. The molecule has 0 heterocycles. The summed E-state index contributed by atoms with van der Waals surface area (Å²) in [5.74, 6) is 0. The molecule has 2 aromatic rings. The number of benzene rings is 2.